The minimum absolute atomic E-state index is 0.163. The number of aryl methyl sites for hydroxylation is 1. The zero-order valence-electron chi connectivity index (χ0n) is 16.4. The maximum atomic E-state index is 11.9. The molecule has 0 atom stereocenters. The summed E-state index contributed by atoms with van der Waals surface area (Å²) in [5, 5.41) is 13.7. The van der Waals surface area contributed by atoms with Gasteiger partial charge in [-0.2, -0.15) is 5.10 Å². The number of carbonyl (C=O) groups is 1. The first-order chi connectivity index (χ1) is 12.3. The fourth-order valence-corrected chi connectivity index (χ4v) is 2.89. The average molecular weight is 365 g/mol. The molecule has 1 aromatic heterocycles. The van der Waals surface area contributed by atoms with Crippen molar-refractivity contribution in [1.82, 2.24) is 30.7 Å². The highest BCUT2D eigenvalue weighted by Crippen LogP contribution is 2.19. The lowest BCUT2D eigenvalue weighted by molar-refractivity contribution is 0.0490. The average Bonchev–Trinajstić information content (AvgIpc) is 2.96. The van der Waals surface area contributed by atoms with Gasteiger partial charge in [0.15, 0.2) is 5.96 Å². The smallest absolute Gasteiger partial charge is 0.407 e. The number of nitrogens with one attached hydrogen (secondary N) is 3. The van der Waals surface area contributed by atoms with Crippen molar-refractivity contribution in [3.8, 4) is 0 Å². The van der Waals surface area contributed by atoms with Crippen LogP contribution in [0.2, 0.25) is 0 Å². The van der Waals surface area contributed by atoms with E-state index in [9.17, 15) is 4.79 Å². The van der Waals surface area contributed by atoms with E-state index < -0.39 is 5.60 Å². The molecule has 0 radical (unpaired) electrons. The lowest BCUT2D eigenvalue weighted by atomic mass is 9.91. The van der Waals surface area contributed by atoms with Gasteiger partial charge < -0.3 is 20.7 Å². The van der Waals surface area contributed by atoms with Gasteiger partial charge in [0.2, 0.25) is 0 Å². The molecule has 1 saturated carbocycles. The van der Waals surface area contributed by atoms with Crippen LogP contribution >= 0.6 is 0 Å². The van der Waals surface area contributed by atoms with Gasteiger partial charge in [-0.1, -0.05) is 0 Å². The van der Waals surface area contributed by atoms with Gasteiger partial charge in [0.05, 0.1) is 6.54 Å². The number of aromatic nitrogens is 3. The largest absolute Gasteiger partial charge is 0.444 e. The number of hydrogen-bond acceptors (Lipinski definition) is 5. The predicted molar refractivity (Wildman–Crippen MR) is 99.8 cm³/mol. The van der Waals surface area contributed by atoms with Crippen LogP contribution in [0.4, 0.5) is 4.79 Å². The lowest BCUT2D eigenvalue weighted by Crippen LogP contribution is -2.48. The standard InChI is InChI=1S/C17H31N7O2/c1-17(2,3)26-16(25)23-13-8-6-12(7-9-13)22-15(18-4)19-10-14-20-11-21-24(14)5/h11-13H,6-10H2,1-5H3,(H,23,25)(H2,18,19,22). The third kappa shape index (κ3) is 6.53. The van der Waals surface area contributed by atoms with Crippen molar-refractivity contribution in [2.24, 2.45) is 12.0 Å². The fraction of sp³-hybridized carbons (Fsp3) is 0.765. The number of aliphatic imine (C=N–C) groups is 1. The highest BCUT2D eigenvalue weighted by Gasteiger charge is 2.25. The van der Waals surface area contributed by atoms with Crippen LogP contribution in [0.25, 0.3) is 0 Å². The molecule has 0 aliphatic heterocycles. The molecule has 1 fully saturated rings. The SMILES string of the molecule is CN=C(NCc1ncnn1C)NC1CCC(NC(=O)OC(C)(C)C)CC1. The van der Waals surface area contributed by atoms with E-state index in [4.69, 9.17) is 4.74 Å². The summed E-state index contributed by atoms with van der Waals surface area (Å²) in [5.41, 5.74) is -0.469. The van der Waals surface area contributed by atoms with Crippen molar-refractivity contribution in [3.05, 3.63) is 12.2 Å². The number of carbonyl (C=O) groups excluding carboxylic acids is 1. The second kappa shape index (κ2) is 8.86. The molecule has 0 bridgehead atoms. The molecule has 3 N–H and O–H groups in total. The van der Waals surface area contributed by atoms with Crippen LogP contribution in [0.5, 0.6) is 0 Å². The van der Waals surface area contributed by atoms with Crippen LogP contribution in [-0.2, 0) is 18.3 Å². The Hall–Kier alpha value is -2.32. The molecular weight excluding hydrogens is 334 g/mol. The Balaban J connectivity index is 1.71. The Labute approximate surface area is 155 Å². The summed E-state index contributed by atoms with van der Waals surface area (Å²) in [7, 11) is 3.61. The van der Waals surface area contributed by atoms with E-state index in [0.717, 1.165) is 37.5 Å². The van der Waals surface area contributed by atoms with E-state index in [1.54, 1.807) is 11.7 Å². The summed E-state index contributed by atoms with van der Waals surface area (Å²) >= 11 is 0. The molecule has 0 spiro atoms. The summed E-state index contributed by atoms with van der Waals surface area (Å²) in [5.74, 6) is 1.59. The van der Waals surface area contributed by atoms with Gasteiger partial charge in [-0.05, 0) is 46.5 Å². The van der Waals surface area contributed by atoms with E-state index in [1.807, 2.05) is 27.8 Å². The minimum atomic E-state index is -0.469. The van der Waals surface area contributed by atoms with Gasteiger partial charge in [-0.15, -0.1) is 0 Å². The Morgan fingerprint density at radius 3 is 2.38 bits per heavy atom. The number of ether oxygens (including phenoxy) is 1. The zero-order chi connectivity index (χ0) is 19.2. The maximum absolute atomic E-state index is 11.9. The van der Waals surface area contributed by atoms with E-state index in [2.05, 4.69) is 31.0 Å². The number of alkyl carbamates (subject to hydrolysis) is 1. The predicted octanol–water partition coefficient (Wildman–Crippen LogP) is 1.32. The quantitative estimate of drug-likeness (QED) is 0.549. The maximum Gasteiger partial charge on any atom is 0.407 e. The second-order valence-electron chi connectivity index (χ2n) is 7.56. The molecule has 1 heterocycles. The van der Waals surface area contributed by atoms with E-state index >= 15 is 0 Å². The molecule has 9 heteroatoms. The fourth-order valence-electron chi connectivity index (χ4n) is 2.89. The number of amides is 1. The molecule has 2 rings (SSSR count). The van der Waals surface area contributed by atoms with Crippen molar-refractivity contribution in [2.75, 3.05) is 7.05 Å². The molecule has 146 valence electrons. The first-order valence-electron chi connectivity index (χ1n) is 9.06. The Morgan fingerprint density at radius 1 is 1.27 bits per heavy atom. The minimum Gasteiger partial charge on any atom is -0.444 e. The van der Waals surface area contributed by atoms with E-state index in [-0.39, 0.29) is 12.1 Å². The number of rotatable bonds is 4. The molecule has 0 saturated heterocycles. The van der Waals surface area contributed by atoms with Crippen molar-refractivity contribution in [2.45, 2.75) is 70.7 Å². The third-order valence-electron chi connectivity index (χ3n) is 4.23. The first kappa shape index (κ1) is 20.0. The van der Waals surface area contributed by atoms with Crippen LogP contribution in [-0.4, -0.2) is 51.5 Å². The van der Waals surface area contributed by atoms with Gasteiger partial charge in [0.25, 0.3) is 0 Å². The molecule has 1 amide bonds. The summed E-state index contributed by atoms with van der Waals surface area (Å²) in [6.45, 7) is 6.17. The van der Waals surface area contributed by atoms with Crippen LogP contribution in [0.3, 0.4) is 0 Å². The Kier molecular flexibility index (Phi) is 6.82. The van der Waals surface area contributed by atoms with Gasteiger partial charge >= 0.3 is 6.09 Å². The summed E-state index contributed by atoms with van der Waals surface area (Å²) in [6.07, 6.45) is 4.95. The van der Waals surface area contributed by atoms with Gasteiger partial charge in [-0.25, -0.2) is 9.78 Å². The molecular formula is C17H31N7O2. The van der Waals surface area contributed by atoms with Crippen molar-refractivity contribution in [3.63, 3.8) is 0 Å². The van der Waals surface area contributed by atoms with Crippen molar-refractivity contribution < 1.29 is 9.53 Å². The zero-order valence-corrected chi connectivity index (χ0v) is 16.4. The third-order valence-corrected chi connectivity index (χ3v) is 4.23. The topological polar surface area (TPSA) is 105 Å². The highest BCUT2D eigenvalue weighted by atomic mass is 16.6. The van der Waals surface area contributed by atoms with Crippen LogP contribution in [0.15, 0.2) is 11.3 Å². The monoisotopic (exact) mass is 365 g/mol. The van der Waals surface area contributed by atoms with E-state index in [1.165, 1.54) is 6.33 Å². The van der Waals surface area contributed by atoms with Crippen LogP contribution in [0.1, 0.15) is 52.3 Å². The molecule has 0 unspecified atom stereocenters. The van der Waals surface area contributed by atoms with Crippen LogP contribution < -0.4 is 16.0 Å². The van der Waals surface area contributed by atoms with Gasteiger partial charge in [-0.3, -0.25) is 9.67 Å². The molecule has 1 aliphatic carbocycles. The molecule has 26 heavy (non-hydrogen) atoms. The highest BCUT2D eigenvalue weighted by molar-refractivity contribution is 5.79. The Morgan fingerprint density at radius 2 is 1.88 bits per heavy atom. The number of hydrogen-bond donors (Lipinski definition) is 3. The normalized spacial score (nSPS) is 21.2. The first-order valence-corrected chi connectivity index (χ1v) is 9.06. The summed E-state index contributed by atoms with van der Waals surface area (Å²) in [4.78, 5) is 20.3. The molecule has 0 aromatic carbocycles. The lowest BCUT2D eigenvalue weighted by Gasteiger charge is -2.31. The Bertz CT molecular complexity index is 613. The molecule has 1 aliphatic rings. The van der Waals surface area contributed by atoms with Gasteiger partial charge in [0.1, 0.15) is 17.8 Å². The van der Waals surface area contributed by atoms with Crippen molar-refractivity contribution >= 4 is 12.1 Å². The second-order valence-corrected chi connectivity index (χ2v) is 7.56. The number of nitrogens with zero attached hydrogens (tertiary/aromatic N) is 4. The van der Waals surface area contributed by atoms with E-state index in [0.29, 0.717) is 12.6 Å². The summed E-state index contributed by atoms with van der Waals surface area (Å²) in [6, 6.07) is 0.494. The van der Waals surface area contributed by atoms with Crippen molar-refractivity contribution in [1.29, 1.82) is 0 Å². The van der Waals surface area contributed by atoms with Crippen LogP contribution in [0, 0.1) is 0 Å². The number of guanidine groups is 1. The summed E-state index contributed by atoms with van der Waals surface area (Å²) < 4.78 is 7.05. The van der Waals surface area contributed by atoms with Gasteiger partial charge in [0, 0.05) is 26.2 Å². The molecule has 9 nitrogen and oxygen atoms in total. The molecule has 1 aromatic rings.